The molecule has 0 atom stereocenters. The van der Waals surface area contributed by atoms with E-state index < -0.39 is 0 Å². The molecule has 1 amide bonds. The van der Waals surface area contributed by atoms with Crippen molar-refractivity contribution in [1.82, 2.24) is 9.88 Å². The summed E-state index contributed by atoms with van der Waals surface area (Å²) >= 11 is 3.97. The molecule has 94 valence electrons. The molecule has 4 nitrogen and oxygen atoms in total. The van der Waals surface area contributed by atoms with Crippen molar-refractivity contribution < 1.29 is 4.79 Å². The molecule has 1 aromatic rings. The topological polar surface area (TPSA) is 51.1 Å². The van der Waals surface area contributed by atoms with E-state index in [-0.39, 0.29) is 17.9 Å². The van der Waals surface area contributed by atoms with Gasteiger partial charge in [0.15, 0.2) is 0 Å². The summed E-state index contributed by atoms with van der Waals surface area (Å²) in [5.41, 5.74) is 0.0221. The Morgan fingerprint density at radius 3 is 2.47 bits per heavy atom. The number of hydrogen-bond donors (Lipinski definition) is 1. The first kappa shape index (κ1) is 14.9. The van der Waals surface area contributed by atoms with Gasteiger partial charge >= 0.3 is 0 Å². The van der Waals surface area contributed by atoms with Gasteiger partial charge < -0.3 is 9.88 Å². The monoisotopic (exact) mass is 460 g/mol. The number of nitrogens with zero attached hydrogens (tertiary/aromatic N) is 1. The first-order valence-electron chi connectivity index (χ1n) is 5.36. The van der Waals surface area contributed by atoms with Gasteiger partial charge in [-0.2, -0.15) is 0 Å². The molecule has 0 aliphatic rings. The van der Waals surface area contributed by atoms with Gasteiger partial charge in [0, 0.05) is 18.9 Å². The zero-order valence-electron chi connectivity index (χ0n) is 9.50. The normalized spacial score (nSPS) is 10.3. The molecule has 1 N–H and O–H groups in total. The summed E-state index contributed by atoms with van der Waals surface area (Å²) in [6.45, 7) is 3.05. The van der Waals surface area contributed by atoms with Crippen molar-refractivity contribution in [3.05, 3.63) is 29.8 Å². The van der Waals surface area contributed by atoms with Crippen LogP contribution >= 0.6 is 45.2 Å². The van der Waals surface area contributed by atoms with Crippen molar-refractivity contribution in [1.29, 1.82) is 0 Å². The highest BCUT2D eigenvalue weighted by molar-refractivity contribution is 14.1. The van der Waals surface area contributed by atoms with Crippen LogP contribution in [-0.2, 0) is 11.3 Å². The summed E-state index contributed by atoms with van der Waals surface area (Å²) in [4.78, 5) is 23.1. The van der Waals surface area contributed by atoms with Gasteiger partial charge in [0.05, 0.1) is 7.14 Å². The van der Waals surface area contributed by atoms with Crippen LogP contribution in [-0.4, -0.2) is 17.0 Å². The van der Waals surface area contributed by atoms with Crippen LogP contribution in [0.15, 0.2) is 17.2 Å². The Morgan fingerprint density at radius 1 is 1.35 bits per heavy atom. The van der Waals surface area contributed by atoms with E-state index in [1.54, 1.807) is 17.0 Å². The molecule has 0 saturated heterocycles. The number of carbonyl (C=O) groups excluding carboxylic acids is 1. The van der Waals surface area contributed by atoms with Crippen LogP contribution in [0.5, 0.6) is 0 Å². The zero-order valence-corrected chi connectivity index (χ0v) is 13.8. The summed E-state index contributed by atoms with van der Waals surface area (Å²) in [5.74, 6) is -0.0197. The Bertz CT molecular complexity index is 431. The third-order valence-corrected chi connectivity index (χ3v) is 3.71. The van der Waals surface area contributed by atoms with E-state index in [1.165, 1.54) is 0 Å². The smallest absolute Gasteiger partial charge is 0.239 e. The Kier molecular flexibility index (Phi) is 6.45. The maximum Gasteiger partial charge on any atom is 0.239 e. The van der Waals surface area contributed by atoms with Crippen LogP contribution < -0.4 is 10.7 Å². The quantitative estimate of drug-likeness (QED) is 0.540. The fraction of sp³-hybridized carbons (Fsp3) is 0.455. The summed E-state index contributed by atoms with van der Waals surface area (Å²) in [6.07, 6.45) is 5.45. The van der Waals surface area contributed by atoms with E-state index >= 15 is 0 Å². The Morgan fingerprint density at radius 2 is 1.94 bits per heavy atom. The first-order chi connectivity index (χ1) is 8.04. The molecule has 0 saturated carbocycles. The molecule has 1 rings (SSSR count). The van der Waals surface area contributed by atoms with Crippen LogP contribution in [0.3, 0.4) is 0 Å². The van der Waals surface area contributed by atoms with Gasteiger partial charge in [-0.25, -0.2) is 0 Å². The van der Waals surface area contributed by atoms with Crippen LogP contribution in [0.25, 0.3) is 0 Å². The number of halogens is 2. The second-order valence-corrected chi connectivity index (χ2v) is 5.98. The van der Waals surface area contributed by atoms with E-state index in [0.29, 0.717) is 13.7 Å². The predicted molar refractivity (Wildman–Crippen MR) is 84.1 cm³/mol. The van der Waals surface area contributed by atoms with Gasteiger partial charge in [-0.3, -0.25) is 9.59 Å². The van der Waals surface area contributed by atoms with E-state index in [4.69, 9.17) is 0 Å². The van der Waals surface area contributed by atoms with Crippen LogP contribution in [0.1, 0.15) is 19.8 Å². The third-order valence-electron chi connectivity index (χ3n) is 2.17. The lowest BCUT2D eigenvalue weighted by molar-refractivity contribution is -0.121. The minimum atomic E-state index is -0.0197. The molecule has 0 spiro atoms. The highest BCUT2D eigenvalue weighted by Crippen LogP contribution is 2.03. The number of pyridine rings is 1. The van der Waals surface area contributed by atoms with E-state index in [1.807, 2.05) is 45.2 Å². The van der Waals surface area contributed by atoms with Crippen molar-refractivity contribution in [3.63, 3.8) is 0 Å². The molecular weight excluding hydrogens is 446 g/mol. The number of hydrogen-bond acceptors (Lipinski definition) is 2. The van der Waals surface area contributed by atoms with Crippen molar-refractivity contribution in [2.45, 2.75) is 26.3 Å². The van der Waals surface area contributed by atoms with E-state index in [2.05, 4.69) is 12.2 Å². The highest BCUT2D eigenvalue weighted by atomic mass is 127. The van der Waals surface area contributed by atoms with Crippen molar-refractivity contribution >= 4 is 51.1 Å². The summed E-state index contributed by atoms with van der Waals surface area (Å²) in [5, 5.41) is 2.84. The Hall–Kier alpha value is -0.120. The lowest BCUT2D eigenvalue weighted by Gasteiger charge is -2.08. The fourth-order valence-corrected chi connectivity index (χ4v) is 3.09. The van der Waals surface area contributed by atoms with Crippen LogP contribution in [0, 0.1) is 7.14 Å². The molecule has 0 aromatic carbocycles. The molecule has 1 aromatic heterocycles. The fourth-order valence-electron chi connectivity index (χ4n) is 1.28. The number of carbonyl (C=O) groups is 1. The maximum atomic E-state index is 11.6. The van der Waals surface area contributed by atoms with Crippen LogP contribution in [0.2, 0.25) is 0 Å². The summed E-state index contributed by atoms with van der Waals surface area (Å²) in [6, 6.07) is 0. The average Bonchev–Trinajstić information content (AvgIpc) is 2.26. The summed E-state index contributed by atoms with van der Waals surface area (Å²) in [7, 11) is 0. The second-order valence-electron chi connectivity index (χ2n) is 3.66. The van der Waals surface area contributed by atoms with Gasteiger partial charge in [-0.1, -0.05) is 13.3 Å². The van der Waals surface area contributed by atoms with Gasteiger partial charge in [0.1, 0.15) is 6.54 Å². The molecule has 1 heterocycles. The number of unbranched alkanes of at least 4 members (excludes halogenated alkanes) is 1. The molecule has 0 fully saturated rings. The van der Waals surface area contributed by atoms with Gasteiger partial charge in [0.25, 0.3) is 0 Å². The Balaban J connectivity index is 2.63. The number of aromatic nitrogens is 1. The lowest BCUT2D eigenvalue weighted by Crippen LogP contribution is -2.29. The summed E-state index contributed by atoms with van der Waals surface area (Å²) < 4.78 is 3.01. The largest absolute Gasteiger partial charge is 0.355 e. The van der Waals surface area contributed by atoms with Crippen molar-refractivity contribution in [3.8, 4) is 0 Å². The first-order valence-corrected chi connectivity index (χ1v) is 7.52. The van der Waals surface area contributed by atoms with Gasteiger partial charge in [0.2, 0.25) is 11.3 Å². The number of nitrogens with one attached hydrogen (secondary N) is 1. The number of amides is 1. The molecule has 6 heteroatoms. The average molecular weight is 460 g/mol. The molecular formula is C11H14I2N2O2. The lowest BCUT2D eigenvalue weighted by atomic mass is 10.3. The minimum absolute atomic E-state index is 0.0197. The maximum absolute atomic E-state index is 11.6. The zero-order chi connectivity index (χ0) is 12.8. The number of rotatable bonds is 5. The Labute approximate surface area is 127 Å². The standard InChI is InChI=1S/C11H14I2N2O2/c1-2-3-4-14-10(16)7-15-5-8(12)11(17)9(13)6-15/h5-6H,2-4,7H2,1H3,(H,14,16). The molecule has 17 heavy (non-hydrogen) atoms. The van der Waals surface area contributed by atoms with Gasteiger partial charge in [-0.15, -0.1) is 0 Å². The third kappa shape index (κ3) is 4.94. The minimum Gasteiger partial charge on any atom is -0.355 e. The molecule has 0 unspecified atom stereocenters. The van der Waals surface area contributed by atoms with Gasteiger partial charge in [-0.05, 0) is 51.6 Å². The molecule has 0 radical (unpaired) electrons. The molecule has 0 aliphatic heterocycles. The highest BCUT2D eigenvalue weighted by Gasteiger charge is 2.05. The van der Waals surface area contributed by atoms with E-state index in [9.17, 15) is 9.59 Å². The SMILES string of the molecule is CCCCNC(=O)Cn1cc(I)c(=O)c(I)c1. The second kappa shape index (κ2) is 7.34. The van der Waals surface area contributed by atoms with Crippen molar-refractivity contribution in [2.24, 2.45) is 0 Å². The van der Waals surface area contributed by atoms with E-state index in [0.717, 1.165) is 12.8 Å². The van der Waals surface area contributed by atoms with Crippen molar-refractivity contribution in [2.75, 3.05) is 6.54 Å². The molecule has 0 aliphatic carbocycles. The predicted octanol–water partition coefficient (Wildman–Crippen LogP) is 1.97. The van der Waals surface area contributed by atoms with Crippen LogP contribution in [0.4, 0.5) is 0 Å². The molecule has 0 bridgehead atoms.